The first kappa shape index (κ1) is 12.1. The average molecular weight is 214 g/mol. The zero-order valence-corrected chi connectivity index (χ0v) is 8.76. The Labute approximate surface area is 88.5 Å². The third-order valence-electron chi connectivity index (χ3n) is 2.21. The van der Waals surface area contributed by atoms with Crippen molar-refractivity contribution in [2.75, 3.05) is 13.1 Å². The lowest BCUT2D eigenvalue weighted by molar-refractivity contribution is 0.499. The van der Waals surface area contributed by atoms with E-state index in [1.807, 2.05) is 6.92 Å². The van der Waals surface area contributed by atoms with Gasteiger partial charge >= 0.3 is 0 Å². The molecule has 1 atom stereocenters. The van der Waals surface area contributed by atoms with Crippen molar-refractivity contribution in [2.45, 2.75) is 19.4 Å². The predicted molar refractivity (Wildman–Crippen MR) is 56.4 cm³/mol. The topological polar surface area (TPSA) is 38.0 Å². The summed E-state index contributed by atoms with van der Waals surface area (Å²) in [6, 6.07) is 3.32. The lowest BCUT2D eigenvalue weighted by atomic mass is 10.1. The van der Waals surface area contributed by atoms with Crippen LogP contribution in [0.25, 0.3) is 0 Å². The lowest BCUT2D eigenvalue weighted by Gasteiger charge is -2.17. The van der Waals surface area contributed by atoms with Gasteiger partial charge in [-0.05, 0) is 19.0 Å². The molecular formula is C11H16F2N2. The molecule has 0 radical (unpaired) electrons. The Hall–Kier alpha value is -1.00. The molecule has 0 saturated carbocycles. The SMILES string of the molecule is CCCNC(CN)c1ccc(F)cc1F. The van der Waals surface area contributed by atoms with Crippen molar-refractivity contribution in [2.24, 2.45) is 5.73 Å². The van der Waals surface area contributed by atoms with E-state index in [2.05, 4.69) is 5.32 Å². The molecule has 0 heterocycles. The molecule has 0 aromatic heterocycles. The maximum absolute atomic E-state index is 13.4. The molecule has 1 aromatic carbocycles. The molecule has 4 heteroatoms. The Bertz CT molecular complexity index is 315. The minimum atomic E-state index is -0.567. The third-order valence-corrected chi connectivity index (χ3v) is 2.21. The van der Waals surface area contributed by atoms with Crippen LogP contribution >= 0.6 is 0 Å². The van der Waals surface area contributed by atoms with Crippen LogP contribution in [0.15, 0.2) is 18.2 Å². The van der Waals surface area contributed by atoms with Gasteiger partial charge in [-0.1, -0.05) is 13.0 Å². The van der Waals surface area contributed by atoms with Crippen LogP contribution in [0, 0.1) is 11.6 Å². The van der Waals surface area contributed by atoms with Crippen molar-refractivity contribution in [3.05, 3.63) is 35.4 Å². The van der Waals surface area contributed by atoms with Gasteiger partial charge < -0.3 is 11.1 Å². The Morgan fingerprint density at radius 1 is 1.40 bits per heavy atom. The van der Waals surface area contributed by atoms with E-state index in [0.717, 1.165) is 19.0 Å². The predicted octanol–water partition coefficient (Wildman–Crippen LogP) is 1.96. The van der Waals surface area contributed by atoms with Gasteiger partial charge in [0.2, 0.25) is 0 Å². The van der Waals surface area contributed by atoms with E-state index in [1.54, 1.807) is 0 Å². The summed E-state index contributed by atoms with van der Waals surface area (Å²) < 4.78 is 26.1. The molecule has 0 aliphatic rings. The first-order valence-electron chi connectivity index (χ1n) is 5.07. The molecule has 0 spiro atoms. The van der Waals surface area contributed by atoms with Crippen LogP contribution in [0.1, 0.15) is 24.9 Å². The molecule has 1 aromatic rings. The Morgan fingerprint density at radius 3 is 2.67 bits per heavy atom. The average Bonchev–Trinajstić information content (AvgIpc) is 2.21. The lowest BCUT2D eigenvalue weighted by Crippen LogP contribution is -2.29. The molecular weight excluding hydrogens is 198 g/mol. The van der Waals surface area contributed by atoms with Gasteiger partial charge in [0.05, 0.1) is 0 Å². The monoisotopic (exact) mass is 214 g/mol. The van der Waals surface area contributed by atoms with E-state index >= 15 is 0 Å². The zero-order chi connectivity index (χ0) is 11.3. The Morgan fingerprint density at radius 2 is 2.13 bits per heavy atom. The number of nitrogens with one attached hydrogen (secondary N) is 1. The molecule has 0 aliphatic carbocycles. The van der Waals surface area contributed by atoms with Gasteiger partial charge in [-0.15, -0.1) is 0 Å². The summed E-state index contributed by atoms with van der Waals surface area (Å²) >= 11 is 0. The second-order valence-electron chi connectivity index (χ2n) is 3.41. The van der Waals surface area contributed by atoms with Crippen molar-refractivity contribution in [1.82, 2.24) is 5.32 Å². The second-order valence-corrected chi connectivity index (χ2v) is 3.41. The van der Waals surface area contributed by atoms with E-state index in [4.69, 9.17) is 5.73 Å². The molecule has 0 bridgehead atoms. The molecule has 3 N–H and O–H groups in total. The van der Waals surface area contributed by atoms with Crippen LogP contribution in [0.5, 0.6) is 0 Å². The molecule has 0 saturated heterocycles. The van der Waals surface area contributed by atoms with Gasteiger partial charge in [-0.25, -0.2) is 8.78 Å². The highest BCUT2D eigenvalue weighted by atomic mass is 19.1. The highest BCUT2D eigenvalue weighted by Crippen LogP contribution is 2.17. The van der Waals surface area contributed by atoms with Crippen LogP contribution in [0.3, 0.4) is 0 Å². The smallest absolute Gasteiger partial charge is 0.130 e. The number of rotatable bonds is 5. The van der Waals surface area contributed by atoms with Crippen LogP contribution in [0.2, 0.25) is 0 Å². The number of benzene rings is 1. The van der Waals surface area contributed by atoms with Gasteiger partial charge in [0.25, 0.3) is 0 Å². The second kappa shape index (κ2) is 5.78. The van der Waals surface area contributed by atoms with Gasteiger partial charge in [-0.3, -0.25) is 0 Å². The third kappa shape index (κ3) is 3.25. The van der Waals surface area contributed by atoms with Crippen LogP contribution in [-0.2, 0) is 0 Å². The van der Waals surface area contributed by atoms with Crippen molar-refractivity contribution in [3.63, 3.8) is 0 Å². The van der Waals surface area contributed by atoms with Crippen molar-refractivity contribution >= 4 is 0 Å². The van der Waals surface area contributed by atoms with Gasteiger partial charge in [0.1, 0.15) is 11.6 Å². The van der Waals surface area contributed by atoms with E-state index in [1.165, 1.54) is 12.1 Å². The molecule has 0 amide bonds. The Kier molecular flexibility index (Phi) is 4.65. The van der Waals surface area contributed by atoms with Crippen LogP contribution < -0.4 is 11.1 Å². The molecule has 1 rings (SSSR count). The van der Waals surface area contributed by atoms with Gasteiger partial charge in [0, 0.05) is 24.2 Å². The highest BCUT2D eigenvalue weighted by molar-refractivity contribution is 5.22. The van der Waals surface area contributed by atoms with Crippen molar-refractivity contribution in [3.8, 4) is 0 Å². The molecule has 0 fully saturated rings. The molecule has 2 nitrogen and oxygen atoms in total. The van der Waals surface area contributed by atoms with Crippen molar-refractivity contribution < 1.29 is 8.78 Å². The molecule has 1 unspecified atom stereocenters. The first-order valence-corrected chi connectivity index (χ1v) is 5.07. The summed E-state index contributed by atoms with van der Waals surface area (Å²) in [5, 5.41) is 3.11. The summed E-state index contributed by atoms with van der Waals surface area (Å²) in [6.45, 7) is 3.07. The minimum Gasteiger partial charge on any atom is -0.329 e. The summed E-state index contributed by atoms with van der Waals surface area (Å²) in [4.78, 5) is 0. The first-order chi connectivity index (χ1) is 7.19. The summed E-state index contributed by atoms with van der Waals surface area (Å²) in [5.74, 6) is -1.11. The quantitative estimate of drug-likeness (QED) is 0.786. The van der Waals surface area contributed by atoms with E-state index < -0.39 is 11.6 Å². The normalized spacial score (nSPS) is 12.8. The highest BCUT2D eigenvalue weighted by Gasteiger charge is 2.13. The fraction of sp³-hybridized carbons (Fsp3) is 0.455. The van der Waals surface area contributed by atoms with Gasteiger partial charge in [-0.2, -0.15) is 0 Å². The largest absolute Gasteiger partial charge is 0.329 e. The zero-order valence-electron chi connectivity index (χ0n) is 8.76. The maximum atomic E-state index is 13.4. The number of hydrogen-bond acceptors (Lipinski definition) is 2. The number of nitrogens with two attached hydrogens (primary N) is 1. The summed E-state index contributed by atoms with van der Waals surface area (Å²) in [6.07, 6.45) is 0.944. The molecule has 84 valence electrons. The Balaban J connectivity index is 2.81. The number of halogens is 2. The minimum absolute atomic E-state index is 0.245. The number of hydrogen-bond donors (Lipinski definition) is 2. The standard InChI is InChI=1S/C11H16F2N2/c1-2-5-15-11(7-14)9-4-3-8(12)6-10(9)13/h3-4,6,11,15H,2,5,7,14H2,1H3. The fourth-order valence-corrected chi connectivity index (χ4v) is 1.42. The molecule has 0 aliphatic heterocycles. The molecule has 15 heavy (non-hydrogen) atoms. The fourth-order valence-electron chi connectivity index (χ4n) is 1.42. The van der Waals surface area contributed by atoms with E-state index in [0.29, 0.717) is 12.1 Å². The summed E-state index contributed by atoms with van der Waals surface area (Å²) in [5.41, 5.74) is 5.95. The maximum Gasteiger partial charge on any atom is 0.130 e. The van der Waals surface area contributed by atoms with Gasteiger partial charge in [0.15, 0.2) is 0 Å². The van der Waals surface area contributed by atoms with Crippen LogP contribution in [-0.4, -0.2) is 13.1 Å². The van der Waals surface area contributed by atoms with E-state index in [9.17, 15) is 8.78 Å². The van der Waals surface area contributed by atoms with Crippen molar-refractivity contribution in [1.29, 1.82) is 0 Å². The summed E-state index contributed by atoms with van der Waals surface area (Å²) in [7, 11) is 0. The van der Waals surface area contributed by atoms with E-state index in [-0.39, 0.29) is 6.04 Å². The van der Waals surface area contributed by atoms with Crippen LogP contribution in [0.4, 0.5) is 8.78 Å².